The van der Waals surface area contributed by atoms with Crippen molar-refractivity contribution in [1.29, 1.82) is 0 Å². The number of nitrogens with two attached hydrogens (primary N) is 1. The van der Waals surface area contributed by atoms with E-state index in [2.05, 4.69) is 6.92 Å². The van der Waals surface area contributed by atoms with Gasteiger partial charge in [0.25, 0.3) is 0 Å². The third-order valence-electron chi connectivity index (χ3n) is 1.81. The zero-order chi connectivity index (χ0) is 7.56. The van der Waals surface area contributed by atoms with E-state index < -0.39 is 0 Å². The molecule has 1 aliphatic rings. The predicted molar refractivity (Wildman–Crippen MR) is 39.4 cm³/mol. The topological polar surface area (TPSA) is 46.3 Å². The molecule has 10 heavy (non-hydrogen) atoms. The van der Waals surface area contributed by atoms with Gasteiger partial charge >= 0.3 is 0 Å². The Balaban J connectivity index is 2.39. The van der Waals surface area contributed by atoms with Crippen LogP contribution in [0.4, 0.5) is 0 Å². The maximum atomic E-state index is 11.0. The van der Waals surface area contributed by atoms with Crippen LogP contribution in [0.15, 0.2) is 0 Å². The van der Waals surface area contributed by atoms with Crippen molar-refractivity contribution in [3.8, 4) is 0 Å². The van der Waals surface area contributed by atoms with Crippen LogP contribution in [0.25, 0.3) is 0 Å². The van der Waals surface area contributed by atoms with E-state index >= 15 is 0 Å². The number of hydrogen-bond donors (Lipinski definition) is 1. The molecule has 0 aromatic heterocycles. The minimum Gasteiger partial charge on any atom is -0.341 e. The standard InChI is InChI=1S/C7H14N2O/c1-6-4-7(10)9(5-6)3-2-8/h6H,2-5,8H2,1H3/t6-/m0/s1. The first-order valence-electron chi connectivity index (χ1n) is 3.72. The van der Waals surface area contributed by atoms with Crippen LogP contribution < -0.4 is 5.73 Å². The minimum absolute atomic E-state index is 0.262. The molecule has 0 radical (unpaired) electrons. The summed E-state index contributed by atoms with van der Waals surface area (Å²) in [4.78, 5) is 12.9. The third kappa shape index (κ3) is 1.48. The zero-order valence-electron chi connectivity index (χ0n) is 6.34. The summed E-state index contributed by atoms with van der Waals surface area (Å²) in [6, 6.07) is 0. The predicted octanol–water partition coefficient (Wildman–Crippen LogP) is -0.187. The Bertz CT molecular complexity index is 136. The van der Waals surface area contributed by atoms with Crippen molar-refractivity contribution in [2.75, 3.05) is 19.6 Å². The molecule has 1 saturated heterocycles. The minimum atomic E-state index is 0.262. The van der Waals surface area contributed by atoms with Crippen LogP contribution in [-0.2, 0) is 4.79 Å². The van der Waals surface area contributed by atoms with Crippen LogP contribution in [0.2, 0.25) is 0 Å². The summed E-state index contributed by atoms with van der Waals surface area (Å²) >= 11 is 0. The normalized spacial score (nSPS) is 26.0. The molecule has 1 fully saturated rings. The van der Waals surface area contributed by atoms with Crippen LogP contribution in [-0.4, -0.2) is 30.4 Å². The molecule has 1 rings (SSSR count). The molecule has 0 bridgehead atoms. The average molecular weight is 142 g/mol. The smallest absolute Gasteiger partial charge is 0.222 e. The Morgan fingerprint density at radius 1 is 1.80 bits per heavy atom. The van der Waals surface area contributed by atoms with E-state index in [1.807, 2.05) is 4.90 Å². The molecule has 0 spiro atoms. The summed E-state index contributed by atoms with van der Waals surface area (Å²) in [6.07, 6.45) is 0.708. The van der Waals surface area contributed by atoms with Crippen molar-refractivity contribution in [2.45, 2.75) is 13.3 Å². The van der Waals surface area contributed by atoms with Gasteiger partial charge in [-0.2, -0.15) is 0 Å². The Morgan fingerprint density at radius 3 is 2.90 bits per heavy atom. The molecule has 0 aromatic carbocycles. The van der Waals surface area contributed by atoms with Crippen LogP contribution in [0, 0.1) is 5.92 Å². The molecule has 1 heterocycles. The monoisotopic (exact) mass is 142 g/mol. The lowest BCUT2D eigenvalue weighted by Gasteiger charge is -2.13. The Labute approximate surface area is 61.2 Å². The largest absolute Gasteiger partial charge is 0.341 e. The van der Waals surface area contributed by atoms with Crippen LogP contribution in [0.1, 0.15) is 13.3 Å². The quantitative estimate of drug-likeness (QED) is 0.581. The van der Waals surface area contributed by atoms with E-state index in [1.54, 1.807) is 0 Å². The maximum absolute atomic E-state index is 11.0. The van der Waals surface area contributed by atoms with E-state index in [-0.39, 0.29) is 5.91 Å². The summed E-state index contributed by atoms with van der Waals surface area (Å²) in [5.41, 5.74) is 5.32. The fourth-order valence-corrected chi connectivity index (χ4v) is 1.34. The second kappa shape index (κ2) is 3.01. The van der Waals surface area contributed by atoms with Crippen LogP contribution in [0.5, 0.6) is 0 Å². The summed E-state index contributed by atoms with van der Waals surface area (Å²) in [5.74, 6) is 0.789. The summed E-state index contributed by atoms with van der Waals surface area (Å²) in [7, 11) is 0. The molecule has 0 saturated carbocycles. The van der Waals surface area contributed by atoms with Crippen molar-refractivity contribution in [3.05, 3.63) is 0 Å². The number of amides is 1. The first-order chi connectivity index (χ1) is 4.74. The van der Waals surface area contributed by atoms with Crippen molar-refractivity contribution >= 4 is 5.91 Å². The summed E-state index contributed by atoms with van der Waals surface area (Å²) < 4.78 is 0. The second-order valence-corrected chi connectivity index (χ2v) is 2.94. The van der Waals surface area contributed by atoms with E-state index in [1.165, 1.54) is 0 Å². The Morgan fingerprint density at radius 2 is 2.50 bits per heavy atom. The molecular weight excluding hydrogens is 128 g/mol. The zero-order valence-corrected chi connectivity index (χ0v) is 6.34. The fraction of sp³-hybridized carbons (Fsp3) is 0.857. The number of likely N-dealkylation sites (tertiary alicyclic amines) is 1. The van der Waals surface area contributed by atoms with Gasteiger partial charge in [0.05, 0.1) is 0 Å². The highest BCUT2D eigenvalue weighted by atomic mass is 16.2. The van der Waals surface area contributed by atoms with Gasteiger partial charge in [-0.1, -0.05) is 6.92 Å². The van der Waals surface area contributed by atoms with E-state index in [9.17, 15) is 4.79 Å². The number of nitrogens with zero attached hydrogens (tertiary/aromatic N) is 1. The molecule has 0 aromatic rings. The van der Waals surface area contributed by atoms with Gasteiger partial charge in [-0.15, -0.1) is 0 Å². The van der Waals surface area contributed by atoms with E-state index in [4.69, 9.17) is 5.73 Å². The van der Waals surface area contributed by atoms with Crippen LogP contribution in [0.3, 0.4) is 0 Å². The van der Waals surface area contributed by atoms with Gasteiger partial charge in [-0.05, 0) is 5.92 Å². The van der Waals surface area contributed by atoms with Crippen molar-refractivity contribution in [3.63, 3.8) is 0 Å². The lowest BCUT2D eigenvalue weighted by molar-refractivity contribution is -0.127. The molecular formula is C7H14N2O. The molecule has 0 aliphatic carbocycles. The number of carbonyl (C=O) groups is 1. The molecule has 3 heteroatoms. The molecule has 1 amide bonds. The van der Waals surface area contributed by atoms with Gasteiger partial charge < -0.3 is 10.6 Å². The third-order valence-corrected chi connectivity index (χ3v) is 1.81. The van der Waals surface area contributed by atoms with Gasteiger partial charge in [-0.3, -0.25) is 4.79 Å². The molecule has 2 N–H and O–H groups in total. The highest BCUT2D eigenvalue weighted by Gasteiger charge is 2.24. The molecule has 0 unspecified atom stereocenters. The van der Waals surface area contributed by atoms with E-state index in [0.29, 0.717) is 18.9 Å². The van der Waals surface area contributed by atoms with Gasteiger partial charge in [0.2, 0.25) is 5.91 Å². The first kappa shape index (κ1) is 7.54. The van der Waals surface area contributed by atoms with Gasteiger partial charge in [0.1, 0.15) is 0 Å². The van der Waals surface area contributed by atoms with Gasteiger partial charge in [0.15, 0.2) is 0 Å². The fourth-order valence-electron chi connectivity index (χ4n) is 1.34. The Kier molecular flexibility index (Phi) is 2.27. The SMILES string of the molecule is C[C@H]1CC(=O)N(CCN)C1. The van der Waals surface area contributed by atoms with E-state index in [0.717, 1.165) is 13.1 Å². The lowest BCUT2D eigenvalue weighted by Crippen LogP contribution is -2.30. The van der Waals surface area contributed by atoms with Gasteiger partial charge in [0, 0.05) is 26.1 Å². The molecule has 3 nitrogen and oxygen atoms in total. The van der Waals surface area contributed by atoms with Crippen LogP contribution >= 0.6 is 0 Å². The van der Waals surface area contributed by atoms with Gasteiger partial charge in [-0.25, -0.2) is 0 Å². The maximum Gasteiger partial charge on any atom is 0.222 e. The number of rotatable bonds is 2. The highest BCUT2D eigenvalue weighted by Crippen LogP contribution is 2.15. The highest BCUT2D eigenvalue weighted by molar-refractivity contribution is 5.78. The Hall–Kier alpha value is -0.570. The van der Waals surface area contributed by atoms with Crippen molar-refractivity contribution < 1.29 is 4.79 Å². The molecule has 58 valence electrons. The molecule has 1 aliphatic heterocycles. The first-order valence-corrected chi connectivity index (χ1v) is 3.72. The summed E-state index contributed by atoms with van der Waals surface area (Å²) in [6.45, 7) is 4.30. The summed E-state index contributed by atoms with van der Waals surface area (Å²) in [5, 5.41) is 0. The van der Waals surface area contributed by atoms with Crippen molar-refractivity contribution in [1.82, 2.24) is 4.90 Å². The average Bonchev–Trinajstić information content (AvgIpc) is 2.13. The number of hydrogen-bond acceptors (Lipinski definition) is 2. The molecule has 1 atom stereocenters. The lowest BCUT2D eigenvalue weighted by atomic mass is 10.2. The van der Waals surface area contributed by atoms with Crippen molar-refractivity contribution in [2.24, 2.45) is 11.7 Å². The number of carbonyl (C=O) groups excluding carboxylic acids is 1. The second-order valence-electron chi connectivity index (χ2n) is 2.94.